The van der Waals surface area contributed by atoms with Gasteiger partial charge < -0.3 is 0 Å². The number of hydrogen-bond acceptors (Lipinski definition) is 2. The van der Waals surface area contributed by atoms with Gasteiger partial charge in [0.2, 0.25) is 10.0 Å². The lowest BCUT2D eigenvalue weighted by Crippen LogP contribution is -2.31. The Bertz CT molecular complexity index is 553. The summed E-state index contributed by atoms with van der Waals surface area (Å²) >= 11 is 3.31. The Morgan fingerprint density at radius 2 is 1.84 bits per heavy atom. The molecule has 0 aromatic heterocycles. The maximum Gasteiger partial charge on any atom is 0.240 e. The minimum atomic E-state index is -3.37. The van der Waals surface area contributed by atoms with Crippen molar-refractivity contribution in [1.82, 2.24) is 4.72 Å². The van der Waals surface area contributed by atoms with Crippen molar-refractivity contribution in [3.63, 3.8) is 0 Å². The summed E-state index contributed by atoms with van der Waals surface area (Å²) in [7, 11) is -3.37. The highest BCUT2D eigenvalue weighted by Gasteiger charge is 2.41. The van der Waals surface area contributed by atoms with Gasteiger partial charge in [-0.15, -0.1) is 0 Å². The molecule has 5 heteroatoms. The van der Waals surface area contributed by atoms with Gasteiger partial charge >= 0.3 is 0 Å². The van der Waals surface area contributed by atoms with E-state index < -0.39 is 10.0 Å². The predicted octanol–water partition coefficient (Wildman–Crippen LogP) is 3.16. The van der Waals surface area contributed by atoms with E-state index >= 15 is 0 Å². The number of halogens is 1. The van der Waals surface area contributed by atoms with Crippen LogP contribution in [0.4, 0.5) is 0 Å². The average molecular weight is 344 g/mol. The van der Waals surface area contributed by atoms with Gasteiger partial charge in [-0.1, -0.05) is 22.0 Å². The van der Waals surface area contributed by atoms with Crippen LogP contribution in [0.25, 0.3) is 0 Å². The van der Waals surface area contributed by atoms with Gasteiger partial charge in [-0.05, 0) is 61.6 Å². The fraction of sp³-hybridized carbons (Fsp3) is 0.571. The fourth-order valence-electron chi connectivity index (χ4n) is 2.69. The predicted molar refractivity (Wildman–Crippen MR) is 78.3 cm³/mol. The van der Waals surface area contributed by atoms with Crippen molar-refractivity contribution < 1.29 is 8.42 Å². The molecule has 2 fully saturated rings. The van der Waals surface area contributed by atoms with Crippen molar-refractivity contribution in [2.24, 2.45) is 17.8 Å². The fourth-order valence-corrected chi connectivity index (χ4v) is 4.36. The number of hydrogen-bond donors (Lipinski definition) is 1. The molecule has 0 aliphatic heterocycles. The first kappa shape index (κ1) is 13.6. The Morgan fingerprint density at radius 1 is 1.21 bits per heavy atom. The largest absolute Gasteiger partial charge is 0.240 e. The highest BCUT2D eigenvalue weighted by Crippen LogP contribution is 2.48. The average Bonchev–Trinajstić information content (AvgIpc) is 3.23. The zero-order valence-electron chi connectivity index (χ0n) is 10.7. The molecule has 0 spiro atoms. The van der Waals surface area contributed by atoms with Gasteiger partial charge in [0, 0.05) is 11.0 Å². The normalized spacial score (nSPS) is 19.9. The lowest BCUT2D eigenvalue weighted by Gasteiger charge is -2.16. The highest BCUT2D eigenvalue weighted by molar-refractivity contribution is 9.10. The summed E-state index contributed by atoms with van der Waals surface area (Å²) in [6, 6.07) is 6.86. The Morgan fingerprint density at radius 3 is 2.37 bits per heavy atom. The lowest BCUT2D eigenvalue weighted by atomic mass is 9.99. The molecule has 0 atom stereocenters. The second kappa shape index (κ2) is 5.19. The summed E-state index contributed by atoms with van der Waals surface area (Å²) in [6.07, 6.45) is 5.11. The maximum absolute atomic E-state index is 12.2. The van der Waals surface area contributed by atoms with E-state index in [0.29, 0.717) is 17.4 Å². The molecule has 2 aliphatic rings. The maximum atomic E-state index is 12.2. The minimum absolute atomic E-state index is 0.340. The molecule has 0 heterocycles. The Kier molecular flexibility index (Phi) is 3.71. The molecule has 2 saturated carbocycles. The summed E-state index contributed by atoms with van der Waals surface area (Å²) in [5, 5.41) is 0. The molecule has 0 unspecified atom stereocenters. The lowest BCUT2D eigenvalue weighted by molar-refractivity contribution is 0.401. The zero-order chi connectivity index (χ0) is 13.5. The third-order valence-corrected chi connectivity index (χ3v) is 5.98. The van der Waals surface area contributed by atoms with Crippen LogP contribution < -0.4 is 4.72 Å². The van der Waals surface area contributed by atoms with Crippen LogP contribution in [0.5, 0.6) is 0 Å². The molecular formula is C14H18BrNO2S. The van der Waals surface area contributed by atoms with Crippen LogP contribution in [0.3, 0.4) is 0 Å². The van der Waals surface area contributed by atoms with E-state index in [0.717, 1.165) is 16.3 Å². The second-order valence-corrected chi connectivity index (χ2v) is 8.33. The van der Waals surface area contributed by atoms with E-state index in [1.807, 2.05) is 6.07 Å². The zero-order valence-corrected chi connectivity index (χ0v) is 13.1. The molecular weight excluding hydrogens is 326 g/mol. The molecule has 1 aromatic carbocycles. The van der Waals surface area contributed by atoms with Crippen LogP contribution in [0.1, 0.15) is 25.7 Å². The van der Waals surface area contributed by atoms with Gasteiger partial charge in [-0.25, -0.2) is 13.1 Å². The molecule has 2 aliphatic carbocycles. The smallest absolute Gasteiger partial charge is 0.211 e. The number of benzene rings is 1. The van der Waals surface area contributed by atoms with Crippen molar-refractivity contribution in [3.05, 3.63) is 28.7 Å². The molecule has 104 valence electrons. The quantitative estimate of drug-likeness (QED) is 0.862. The van der Waals surface area contributed by atoms with Gasteiger partial charge in [-0.2, -0.15) is 0 Å². The summed E-state index contributed by atoms with van der Waals surface area (Å²) in [4.78, 5) is 0.340. The molecule has 0 saturated heterocycles. The van der Waals surface area contributed by atoms with Crippen molar-refractivity contribution in [3.8, 4) is 0 Å². The molecule has 0 bridgehead atoms. The van der Waals surface area contributed by atoms with Gasteiger partial charge in [0.05, 0.1) is 4.90 Å². The number of rotatable bonds is 6. The van der Waals surface area contributed by atoms with Crippen LogP contribution in [0.15, 0.2) is 33.6 Å². The molecule has 1 N–H and O–H groups in total. The molecule has 0 radical (unpaired) electrons. The van der Waals surface area contributed by atoms with E-state index in [1.54, 1.807) is 18.2 Å². The molecule has 19 heavy (non-hydrogen) atoms. The second-order valence-electron chi connectivity index (χ2n) is 5.65. The van der Waals surface area contributed by atoms with Crippen molar-refractivity contribution in [1.29, 1.82) is 0 Å². The molecule has 1 aromatic rings. The van der Waals surface area contributed by atoms with E-state index in [4.69, 9.17) is 0 Å². The third-order valence-electron chi connectivity index (χ3n) is 4.07. The third kappa shape index (κ3) is 3.38. The van der Waals surface area contributed by atoms with Crippen LogP contribution in [0.2, 0.25) is 0 Å². The standard InChI is InChI=1S/C14H18BrNO2S/c15-12-2-1-3-13(8-12)19(17,18)16-9-14(10-4-5-10)11-6-7-11/h1-3,8,10-11,14,16H,4-7,9H2. The number of sulfonamides is 1. The van der Waals surface area contributed by atoms with Crippen LogP contribution in [-0.2, 0) is 10.0 Å². The van der Waals surface area contributed by atoms with Gasteiger partial charge in [0.15, 0.2) is 0 Å². The van der Waals surface area contributed by atoms with E-state index in [1.165, 1.54) is 25.7 Å². The summed E-state index contributed by atoms with van der Waals surface area (Å²) in [5.41, 5.74) is 0. The first-order valence-corrected chi connectivity index (χ1v) is 9.09. The van der Waals surface area contributed by atoms with Gasteiger partial charge in [0.1, 0.15) is 0 Å². The Hall–Kier alpha value is -0.390. The topological polar surface area (TPSA) is 46.2 Å². The first-order chi connectivity index (χ1) is 9.06. The summed E-state index contributed by atoms with van der Waals surface area (Å²) in [6.45, 7) is 0.601. The Labute approximate surface area is 123 Å². The highest BCUT2D eigenvalue weighted by atomic mass is 79.9. The van der Waals surface area contributed by atoms with E-state index in [9.17, 15) is 8.42 Å². The van der Waals surface area contributed by atoms with Gasteiger partial charge in [-0.3, -0.25) is 0 Å². The van der Waals surface area contributed by atoms with Gasteiger partial charge in [0.25, 0.3) is 0 Å². The SMILES string of the molecule is O=S(=O)(NCC(C1CC1)C1CC1)c1cccc(Br)c1. The first-order valence-electron chi connectivity index (χ1n) is 6.81. The Balaban J connectivity index is 1.67. The monoisotopic (exact) mass is 343 g/mol. The van der Waals surface area contributed by atoms with Crippen molar-refractivity contribution >= 4 is 26.0 Å². The minimum Gasteiger partial charge on any atom is -0.211 e. The molecule has 3 rings (SSSR count). The summed E-state index contributed by atoms with van der Waals surface area (Å²) < 4.78 is 28.1. The van der Waals surface area contributed by atoms with Crippen LogP contribution in [-0.4, -0.2) is 15.0 Å². The van der Waals surface area contributed by atoms with Crippen LogP contribution in [0, 0.1) is 17.8 Å². The van der Waals surface area contributed by atoms with E-state index in [2.05, 4.69) is 20.7 Å². The summed E-state index contributed by atoms with van der Waals surface area (Å²) in [5.74, 6) is 2.08. The molecule has 0 amide bonds. The molecule has 3 nitrogen and oxygen atoms in total. The van der Waals surface area contributed by atoms with Crippen molar-refractivity contribution in [2.75, 3.05) is 6.54 Å². The van der Waals surface area contributed by atoms with E-state index in [-0.39, 0.29) is 0 Å². The van der Waals surface area contributed by atoms with Crippen LogP contribution >= 0.6 is 15.9 Å². The number of nitrogens with one attached hydrogen (secondary N) is 1. The van der Waals surface area contributed by atoms with Crippen molar-refractivity contribution in [2.45, 2.75) is 30.6 Å².